The Morgan fingerprint density at radius 1 is 1.31 bits per heavy atom. The Labute approximate surface area is 166 Å². The van der Waals surface area contributed by atoms with Crippen LogP contribution in [0.3, 0.4) is 0 Å². The van der Waals surface area contributed by atoms with Crippen LogP contribution in [0.25, 0.3) is 0 Å². The number of aromatic nitrogens is 2. The van der Waals surface area contributed by atoms with Gasteiger partial charge in [-0.3, -0.25) is 4.79 Å². The third-order valence-corrected chi connectivity index (χ3v) is 4.46. The summed E-state index contributed by atoms with van der Waals surface area (Å²) < 4.78 is 7.33. The summed E-state index contributed by atoms with van der Waals surface area (Å²) in [5.74, 6) is 0.133. The van der Waals surface area contributed by atoms with Crippen molar-refractivity contribution in [3.8, 4) is 0 Å². The molecule has 1 saturated heterocycles. The molecule has 1 aromatic carbocycles. The average molecular weight is 401 g/mol. The van der Waals surface area contributed by atoms with Crippen LogP contribution in [0.15, 0.2) is 43.0 Å². The molecule has 144 valence electrons. The highest BCUT2D eigenvalue weighted by molar-refractivity contribution is 5.85. The Balaban J connectivity index is 0.00000169. The summed E-state index contributed by atoms with van der Waals surface area (Å²) in [5.41, 5.74) is 8.34. The lowest BCUT2D eigenvalue weighted by molar-refractivity contribution is -0.124. The van der Waals surface area contributed by atoms with Crippen molar-refractivity contribution in [3.63, 3.8) is 0 Å². The summed E-state index contributed by atoms with van der Waals surface area (Å²) >= 11 is 0. The largest absolute Gasteiger partial charge is 0.381 e. The maximum absolute atomic E-state index is 12.3. The minimum Gasteiger partial charge on any atom is -0.381 e. The van der Waals surface area contributed by atoms with E-state index in [1.54, 1.807) is 12.5 Å². The van der Waals surface area contributed by atoms with Gasteiger partial charge in [0.15, 0.2) is 0 Å². The Hall–Kier alpha value is -1.60. The summed E-state index contributed by atoms with van der Waals surface area (Å²) in [6, 6.07) is 7.73. The molecule has 26 heavy (non-hydrogen) atoms. The molecule has 0 saturated carbocycles. The molecule has 3 rings (SSSR count). The van der Waals surface area contributed by atoms with Crippen LogP contribution in [0.4, 0.5) is 0 Å². The molecule has 1 fully saturated rings. The van der Waals surface area contributed by atoms with E-state index in [-0.39, 0.29) is 36.6 Å². The van der Waals surface area contributed by atoms with Crippen LogP contribution in [0, 0.1) is 5.92 Å². The van der Waals surface area contributed by atoms with E-state index in [0.717, 1.165) is 24.9 Å². The normalized spacial score (nSPS) is 15.4. The second-order valence-corrected chi connectivity index (χ2v) is 6.25. The molecule has 2 heterocycles. The fourth-order valence-corrected chi connectivity index (χ4v) is 3.03. The minimum atomic E-state index is -0.456. The van der Waals surface area contributed by atoms with Crippen molar-refractivity contribution in [1.82, 2.24) is 14.9 Å². The van der Waals surface area contributed by atoms with E-state index in [9.17, 15) is 4.79 Å². The van der Waals surface area contributed by atoms with Gasteiger partial charge in [-0.15, -0.1) is 24.8 Å². The smallest absolute Gasteiger partial charge is 0.237 e. The number of carbonyl (C=O) groups is 1. The standard InChI is InChI=1S/C18H24N4O2.2ClH/c19-17(16-4-8-24-9-5-16)18(23)21-11-14-2-1-3-15(10-14)12-22-7-6-20-13-22;;/h1-3,6-7,10,13,16-17H,4-5,8-9,11-12,19H2,(H,21,23);2*1H. The predicted octanol–water partition coefficient (Wildman–Crippen LogP) is 2.15. The number of carbonyl (C=O) groups excluding carboxylic acids is 1. The lowest BCUT2D eigenvalue weighted by atomic mass is 9.92. The molecule has 1 aromatic heterocycles. The first-order chi connectivity index (χ1) is 11.7. The van der Waals surface area contributed by atoms with Crippen molar-refractivity contribution in [1.29, 1.82) is 0 Å². The maximum atomic E-state index is 12.3. The van der Waals surface area contributed by atoms with Gasteiger partial charge in [-0.2, -0.15) is 0 Å². The van der Waals surface area contributed by atoms with Crippen LogP contribution < -0.4 is 11.1 Å². The molecule has 3 N–H and O–H groups in total. The van der Waals surface area contributed by atoms with Gasteiger partial charge >= 0.3 is 0 Å². The van der Waals surface area contributed by atoms with Gasteiger partial charge in [0.25, 0.3) is 0 Å². The lowest BCUT2D eigenvalue weighted by Crippen LogP contribution is -2.46. The molecule has 1 atom stereocenters. The van der Waals surface area contributed by atoms with Crippen molar-refractivity contribution in [2.75, 3.05) is 13.2 Å². The molecule has 1 aliphatic heterocycles. The topological polar surface area (TPSA) is 82.2 Å². The quantitative estimate of drug-likeness (QED) is 0.777. The van der Waals surface area contributed by atoms with Crippen LogP contribution in [0.1, 0.15) is 24.0 Å². The number of nitrogens with zero attached hydrogens (tertiary/aromatic N) is 2. The molecule has 6 nitrogen and oxygen atoms in total. The number of ether oxygens (including phenoxy) is 1. The molecule has 0 aliphatic carbocycles. The van der Waals surface area contributed by atoms with Crippen LogP contribution in [-0.4, -0.2) is 34.7 Å². The zero-order chi connectivity index (χ0) is 16.8. The van der Waals surface area contributed by atoms with Crippen LogP contribution >= 0.6 is 24.8 Å². The molecule has 2 aromatic rings. The Morgan fingerprint density at radius 3 is 2.73 bits per heavy atom. The number of rotatable bonds is 6. The third kappa shape index (κ3) is 6.29. The third-order valence-electron chi connectivity index (χ3n) is 4.46. The molecular formula is C18H26Cl2N4O2. The summed E-state index contributed by atoms with van der Waals surface area (Å²) in [4.78, 5) is 16.3. The number of amides is 1. The number of halogens is 2. The van der Waals surface area contributed by atoms with Gasteiger partial charge in [-0.05, 0) is 29.9 Å². The second kappa shape index (κ2) is 11.2. The number of benzene rings is 1. The molecule has 1 unspecified atom stereocenters. The van der Waals surface area contributed by atoms with Crippen molar-refractivity contribution in [2.45, 2.75) is 32.0 Å². The van der Waals surface area contributed by atoms with E-state index in [2.05, 4.69) is 22.4 Å². The first-order valence-electron chi connectivity index (χ1n) is 8.37. The van der Waals surface area contributed by atoms with Crippen LogP contribution in [0.5, 0.6) is 0 Å². The van der Waals surface area contributed by atoms with E-state index in [1.807, 2.05) is 22.9 Å². The highest BCUT2D eigenvalue weighted by atomic mass is 35.5. The van der Waals surface area contributed by atoms with Crippen molar-refractivity contribution in [3.05, 3.63) is 54.1 Å². The zero-order valence-electron chi connectivity index (χ0n) is 14.5. The van der Waals surface area contributed by atoms with Gasteiger partial charge in [0, 0.05) is 38.7 Å². The molecule has 0 bridgehead atoms. The minimum absolute atomic E-state index is 0. The lowest BCUT2D eigenvalue weighted by Gasteiger charge is -2.26. The maximum Gasteiger partial charge on any atom is 0.237 e. The molecule has 1 amide bonds. The Kier molecular flexibility index (Phi) is 9.65. The average Bonchev–Trinajstić information content (AvgIpc) is 3.13. The Morgan fingerprint density at radius 2 is 2.04 bits per heavy atom. The highest BCUT2D eigenvalue weighted by Gasteiger charge is 2.26. The van der Waals surface area contributed by atoms with Gasteiger partial charge in [0.1, 0.15) is 0 Å². The molecule has 0 spiro atoms. The van der Waals surface area contributed by atoms with Crippen molar-refractivity contribution < 1.29 is 9.53 Å². The van der Waals surface area contributed by atoms with Gasteiger partial charge < -0.3 is 20.4 Å². The first-order valence-corrected chi connectivity index (χ1v) is 8.37. The summed E-state index contributed by atoms with van der Waals surface area (Å²) in [5, 5.41) is 2.96. The molecule has 1 aliphatic rings. The molecule has 8 heteroatoms. The first kappa shape index (κ1) is 22.4. The van der Waals surface area contributed by atoms with E-state index in [1.165, 1.54) is 5.56 Å². The number of hydrogen-bond donors (Lipinski definition) is 2. The number of hydrogen-bond acceptors (Lipinski definition) is 4. The van der Waals surface area contributed by atoms with Gasteiger partial charge in [-0.25, -0.2) is 4.98 Å². The van der Waals surface area contributed by atoms with Crippen LogP contribution in [-0.2, 0) is 22.6 Å². The van der Waals surface area contributed by atoms with Gasteiger partial charge in [-0.1, -0.05) is 24.3 Å². The number of nitrogens with two attached hydrogens (primary N) is 1. The van der Waals surface area contributed by atoms with Gasteiger partial charge in [0.05, 0.1) is 12.4 Å². The fraction of sp³-hybridized carbons (Fsp3) is 0.444. The monoisotopic (exact) mass is 400 g/mol. The second-order valence-electron chi connectivity index (χ2n) is 6.25. The molecular weight excluding hydrogens is 375 g/mol. The summed E-state index contributed by atoms with van der Waals surface area (Å²) in [6.45, 7) is 2.65. The van der Waals surface area contributed by atoms with Crippen LogP contribution in [0.2, 0.25) is 0 Å². The molecule has 0 radical (unpaired) electrons. The van der Waals surface area contributed by atoms with Crippen molar-refractivity contribution >= 4 is 30.7 Å². The van der Waals surface area contributed by atoms with Gasteiger partial charge in [0.2, 0.25) is 5.91 Å². The van der Waals surface area contributed by atoms with E-state index in [4.69, 9.17) is 10.5 Å². The Bertz CT molecular complexity index is 661. The fourth-order valence-electron chi connectivity index (χ4n) is 3.03. The highest BCUT2D eigenvalue weighted by Crippen LogP contribution is 2.17. The van der Waals surface area contributed by atoms with E-state index in [0.29, 0.717) is 19.8 Å². The zero-order valence-corrected chi connectivity index (χ0v) is 16.2. The van der Waals surface area contributed by atoms with Crippen molar-refractivity contribution in [2.24, 2.45) is 11.7 Å². The number of imidazole rings is 1. The van der Waals surface area contributed by atoms with E-state index < -0.39 is 6.04 Å². The SMILES string of the molecule is Cl.Cl.NC(C(=O)NCc1cccc(Cn2ccnc2)c1)C1CCOCC1. The van der Waals surface area contributed by atoms with E-state index >= 15 is 0 Å². The summed E-state index contributed by atoms with van der Waals surface area (Å²) in [7, 11) is 0. The number of nitrogens with one attached hydrogen (secondary N) is 1. The summed E-state index contributed by atoms with van der Waals surface area (Å²) in [6.07, 6.45) is 7.20. The predicted molar refractivity (Wildman–Crippen MR) is 106 cm³/mol.